The van der Waals surface area contributed by atoms with Crippen molar-refractivity contribution in [3.05, 3.63) is 45.3 Å². The fraction of sp³-hybridized carbons (Fsp3) is 0.550. The number of nitrogens with one attached hydrogen (secondary N) is 1. The lowest BCUT2D eigenvalue weighted by atomic mass is 10.2. The van der Waals surface area contributed by atoms with Gasteiger partial charge in [-0.2, -0.15) is 0 Å². The number of hydrogen-bond donors (Lipinski definition) is 5. The van der Waals surface area contributed by atoms with E-state index < -0.39 is 61.5 Å². The minimum atomic E-state index is -4.02. The Morgan fingerprint density at radius 1 is 1.21 bits per heavy atom. The van der Waals surface area contributed by atoms with Crippen LogP contribution in [0.1, 0.15) is 30.9 Å². The average molecular weight is 572 g/mol. The Morgan fingerprint density at radius 3 is 2.71 bits per heavy atom. The Morgan fingerprint density at radius 2 is 1.95 bits per heavy atom. The number of H-pyrrole nitrogens is 1. The number of thiol groups is 1. The first kappa shape index (κ1) is 27.0. The van der Waals surface area contributed by atoms with Crippen LogP contribution < -0.4 is 17.0 Å². The number of hydrogen-bond acceptors (Lipinski definition) is 13. The lowest BCUT2D eigenvalue weighted by Gasteiger charge is -2.22. The number of aromatic nitrogens is 6. The molecule has 0 aliphatic carbocycles. The van der Waals surface area contributed by atoms with E-state index in [1.165, 1.54) is 25.8 Å². The monoisotopic (exact) mass is 571 g/mol. The highest BCUT2D eigenvalue weighted by molar-refractivity contribution is 8.44. The van der Waals surface area contributed by atoms with Gasteiger partial charge in [0, 0.05) is 24.6 Å². The van der Waals surface area contributed by atoms with E-state index in [1.54, 1.807) is 4.57 Å². The normalized spacial score (nSPS) is 29.2. The van der Waals surface area contributed by atoms with E-state index in [0.29, 0.717) is 16.7 Å². The predicted octanol–water partition coefficient (Wildman–Crippen LogP) is -0.365. The molecule has 2 aliphatic heterocycles. The van der Waals surface area contributed by atoms with Crippen LogP contribution in [0.25, 0.3) is 11.2 Å². The Hall–Kier alpha value is -2.63. The predicted molar refractivity (Wildman–Crippen MR) is 133 cm³/mol. The van der Waals surface area contributed by atoms with E-state index >= 15 is 0 Å². The molecule has 5 N–H and O–H groups in total. The van der Waals surface area contributed by atoms with E-state index in [2.05, 4.69) is 32.2 Å². The molecule has 7 atom stereocenters. The van der Waals surface area contributed by atoms with Crippen LogP contribution in [0.2, 0.25) is 0 Å². The Labute approximate surface area is 219 Å². The molecular weight excluding hydrogens is 545 g/mol. The van der Waals surface area contributed by atoms with Gasteiger partial charge < -0.3 is 25.4 Å². The molecule has 38 heavy (non-hydrogen) atoms. The summed E-state index contributed by atoms with van der Waals surface area (Å²) in [6.45, 7) is -3.28. The summed E-state index contributed by atoms with van der Waals surface area (Å²) in [5, 5.41) is 20.2. The Bertz CT molecular complexity index is 1500. The van der Waals surface area contributed by atoms with Gasteiger partial charge in [0.15, 0.2) is 11.5 Å². The molecule has 0 spiro atoms. The van der Waals surface area contributed by atoms with Crippen LogP contribution in [-0.4, -0.2) is 76.9 Å². The highest BCUT2D eigenvalue weighted by atomic mass is 32.7. The molecule has 5 rings (SSSR count). The smallest absolute Gasteiger partial charge is 0.386 e. The van der Waals surface area contributed by atoms with Gasteiger partial charge in [-0.3, -0.25) is 28.0 Å². The molecule has 0 amide bonds. The van der Waals surface area contributed by atoms with Crippen molar-refractivity contribution in [2.45, 2.75) is 56.6 Å². The van der Waals surface area contributed by atoms with Crippen LogP contribution in [0.5, 0.6) is 0 Å². The second-order valence-electron chi connectivity index (χ2n) is 8.95. The van der Waals surface area contributed by atoms with Crippen molar-refractivity contribution < 1.29 is 33.3 Å². The third-order valence-corrected chi connectivity index (χ3v) is 8.03. The fourth-order valence-corrected chi connectivity index (χ4v) is 5.96. The van der Waals surface area contributed by atoms with Crippen molar-refractivity contribution in [1.82, 2.24) is 29.1 Å². The summed E-state index contributed by atoms with van der Waals surface area (Å²) >= 11 is 4.04. The molecule has 206 valence electrons. The molecule has 18 heteroatoms. The van der Waals surface area contributed by atoms with E-state index in [4.69, 9.17) is 24.3 Å². The number of anilines is 1. The molecule has 3 aromatic rings. The third-order valence-electron chi connectivity index (χ3n) is 6.39. The van der Waals surface area contributed by atoms with Gasteiger partial charge in [0.05, 0.1) is 25.6 Å². The van der Waals surface area contributed by atoms with Gasteiger partial charge in [0.2, 0.25) is 0 Å². The standard InChI is InChI=1S/C20H26N7O9PS/c1-9-4-26(20(31)25-19(9)30)14-2-10(29)13(35-14)6-33-37(32,38)36-11-3-15(34-12(11)5-28)27-8-24-16-17(21)22-7-23-18(16)27/h4,7-8,10-15,28-29H,2-3,5-6H2,1H3,(H,32,38)(H2,21,22,23)(H,25,30,31)/t10?,11?,12-,13-,14-,15-,37+/m1/s1. The number of nitrogen functional groups attached to an aromatic ring is 1. The van der Waals surface area contributed by atoms with Crippen LogP contribution in [0.4, 0.5) is 5.82 Å². The lowest BCUT2D eigenvalue weighted by Crippen LogP contribution is -2.33. The van der Waals surface area contributed by atoms with Gasteiger partial charge in [-0.05, 0) is 6.92 Å². The SMILES string of the molecule is Cc1cn([C@H]2CC(O)[C@@H](CO[P@](=O)(S)OC3C[C@H](n4cnc5c(N)ncnc54)O[C@@H]3CO)O2)c(=O)[nH]c1=O. The lowest BCUT2D eigenvalue weighted by molar-refractivity contribution is -0.0498. The molecule has 5 heterocycles. The van der Waals surface area contributed by atoms with Crippen molar-refractivity contribution in [2.75, 3.05) is 18.9 Å². The first-order chi connectivity index (χ1) is 18.1. The zero-order chi connectivity index (χ0) is 27.2. The fourth-order valence-electron chi connectivity index (χ4n) is 4.43. The van der Waals surface area contributed by atoms with Gasteiger partial charge >= 0.3 is 12.5 Å². The molecular formula is C20H26N7O9PS. The maximum absolute atomic E-state index is 13.0. The summed E-state index contributed by atoms with van der Waals surface area (Å²) in [5.41, 5.74) is 5.73. The number of rotatable bonds is 8. The van der Waals surface area contributed by atoms with Crippen molar-refractivity contribution in [2.24, 2.45) is 0 Å². The number of ether oxygens (including phenoxy) is 2. The number of nitrogens with zero attached hydrogens (tertiary/aromatic N) is 5. The number of aryl methyl sites for hydroxylation is 1. The number of aliphatic hydroxyl groups is 2. The summed E-state index contributed by atoms with van der Waals surface area (Å²) in [7, 11) is 0. The third kappa shape index (κ3) is 5.28. The molecule has 0 saturated carbocycles. The molecule has 2 unspecified atom stereocenters. The number of imidazole rings is 1. The number of nitrogens with two attached hydrogens (primary N) is 1. The molecule has 2 aliphatic rings. The summed E-state index contributed by atoms with van der Waals surface area (Å²) in [6.07, 6.45) is -0.963. The maximum Gasteiger partial charge on any atom is 0.386 e. The first-order valence-electron chi connectivity index (χ1n) is 11.6. The van der Waals surface area contributed by atoms with Crippen molar-refractivity contribution in [3.8, 4) is 0 Å². The van der Waals surface area contributed by atoms with Crippen LogP contribution in [-0.2, 0) is 23.1 Å². The molecule has 0 radical (unpaired) electrons. The van der Waals surface area contributed by atoms with E-state index in [-0.39, 0.29) is 25.3 Å². The van der Waals surface area contributed by atoms with Crippen LogP contribution in [0.3, 0.4) is 0 Å². The van der Waals surface area contributed by atoms with Gasteiger partial charge in [0.25, 0.3) is 5.56 Å². The number of aliphatic hydroxyl groups excluding tert-OH is 2. The topological polar surface area (TPSA) is 219 Å². The summed E-state index contributed by atoms with van der Waals surface area (Å²) in [4.78, 5) is 38.2. The zero-order valence-electron chi connectivity index (χ0n) is 20.0. The molecule has 0 bridgehead atoms. The molecule has 16 nitrogen and oxygen atoms in total. The minimum absolute atomic E-state index is 0.0365. The second-order valence-corrected chi connectivity index (χ2v) is 11.8. The maximum atomic E-state index is 13.0. The van der Waals surface area contributed by atoms with Crippen molar-refractivity contribution in [3.63, 3.8) is 0 Å². The summed E-state index contributed by atoms with van der Waals surface area (Å²) in [6, 6.07) is 0. The van der Waals surface area contributed by atoms with Gasteiger partial charge in [-0.15, -0.1) is 0 Å². The van der Waals surface area contributed by atoms with Crippen molar-refractivity contribution in [1.29, 1.82) is 0 Å². The molecule has 3 aromatic heterocycles. The average Bonchev–Trinajstić information content (AvgIpc) is 3.57. The highest BCUT2D eigenvalue weighted by Gasteiger charge is 2.42. The quantitative estimate of drug-likeness (QED) is 0.172. The molecule has 2 fully saturated rings. The van der Waals surface area contributed by atoms with Crippen LogP contribution in [0, 0.1) is 6.92 Å². The Kier molecular flexibility index (Phi) is 7.45. The molecule has 2 saturated heterocycles. The largest absolute Gasteiger partial charge is 0.394 e. The summed E-state index contributed by atoms with van der Waals surface area (Å²) < 4.78 is 38.4. The van der Waals surface area contributed by atoms with Gasteiger partial charge in [0.1, 0.15) is 42.6 Å². The van der Waals surface area contributed by atoms with Crippen LogP contribution >= 0.6 is 19.0 Å². The van der Waals surface area contributed by atoms with E-state index in [1.807, 2.05) is 0 Å². The first-order valence-corrected chi connectivity index (χ1v) is 14.3. The number of aromatic amines is 1. The Balaban J connectivity index is 1.22. The second kappa shape index (κ2) is 10.5. The van der Waals surface area contributed by atoms with Crippen LogP contribution in [0.15, 0.2) is 28.4 Å². The minimum Gasteiger partial charge on any atom is -0.394 e. The van der Waals surface area contributed by atoms with Gasteiger partial charge in [-0.1, -0.05) is 12.2 Å². The summed E-state index contributed by atoms with van der Waals surface area (Å²) in [5.74, 6) is 0.200. The zero-order valence-corrected chi connectivity index (χ0v) is 21.8. The van der Waals surface area contributed by atoms with E-state index in [0.717, 1.165) is 4.57 Å². The van der Waals surface area contributed by atoms with E-state index in [9.17, 15) is 24.4 Å². The number of fused-ring (bicyclic) bond motifs is 1. The van der Waals surface area contributed by atoms with Crippen molar-refractivity contribution >= 4 is 36.0 Å². The highest BCUT2D eigenvalue weighted by Crippen LogP contribution is 2.56. The molecule has 0 aromatic carbocycles. The van der Waals surface area contributed by atoms with Gasteiger partial charge in [-0.25, -0.2) is 24.3 Å².